The van der Waals surface area contributed by atoms with Crippen LogP contribution in [0.5, 0.6) is 0 Å². The molecule has 4 nitrogen and oxygen atoms in total. The fraction of sp³-hybridized carbons (Fsp3) is 0.588. The number of esters is 1. The number of anilines is 1. The number of nitrogens with one attached hydrogen (secondary N) is 1. The van der Waals surface area contributed by atoms with Gasteiger partial charge in [-0.3, -0.25) is 0 Å². The largest absolute Gasteiger partial charge is 1.00 e. The Labute approximate surface area is 140 Å². The summed E-state index contributed by atoms with van der Waals surface area (Å²) >= 11 is 0. The molecule has 2 atom stereocenters. The van der Waals surface area contributed by atoms with Crippen molar-refractivity contribution in [2.75, 3.05) is 18.9 Å². The number of carbonyl (C=O) groups excluding carboxylic acids is 1. The van der Waals surface area contributed by atoms with Gasteiger partial charge >= 0.3 is 5.97 Å². The van der Waals surface area contributed by atoms with Gasteiger partial charge in [0, 0.05) is 5.69 Å². The molecule has 0 saturated heterocycles. The van der Waals surface area contributed by atoms with Crippen LogP contribution < -0.4 is 23.0 Å². The van der Waals surface area contributed by atoms with E-state index in [9.17, 15) is 4.79 Å². The summed E-state index contributed by atoms with van der Waals surface area (Å²) in [6.07, 6.45) is 2.26. The number of halogens is 1. The molecule has 1 aromatic rings. The molecule has 3 N–H and O–H groups in total. The van der Waals surface area contributed by atoms with Crippen LogP contribution in [0.2, 0.25) is 0 Å². The Hall–Kier alpha value is -1.26. The number of quaternary nitrogens is 1. The van der Waals surface area contributed by atoms with Crippen molar-refractivity contribution in [2.45, 2.75) is 52.6 Å². The highest BCUT2D eigenvalue weighted by atomic mass is 35.5. The zero-order chi connectivity index (χ0) is 15.8. The molecule has 0 aliphatic carbocycles. The molecule has 126 valence electrons. The van der Waals surface area contributed by atoms with E-state index >= 15 is 0 Å². The zero-order valence-corrected chi connectivity index (χ0v) is 14.8. The summed E-state index contributed by atoms with van der Waals surface area (Å²) in [5, 5.41) is 0. The third-order valence-corrected chi connectivity index (χ3v) is 4.26. The third kappa shape index (κ3) is 6.24. The number of ether oxygens (including phenoxy) is 1. The van der Waals surface area contributed by atoms with Crippen molar-refractivity contribution in [1.82, 2.24) is 0 Å². The molecule has 0 aromatic heterocycles. The van der Waals surface area contributed by atoms with E-state index in [0.717, 1.165) is 19.4 Å². The van der Waals surface area contributed by atoms with Crippen molar-refractivity contribution in [1.29, 1.82) is 0 Å². The minimum absolute atomic E-state index is 0. The Morgan fingerprint density at radius 2 is 1.64 bits per heavy atom. The van der Waals surface area contributed by atoms with Gasteiger partial charge in [0.25, 0.3) is 0 Å². The Bertz CT molecular complexity index is 427. The molecule has 0 fully saturated rings. The smallest absolute Gasteiger partial charge is 0.338 e. The maximum atomic E-state index is 11.9. The topological polar surface area (TPSA) is 56.8 Å². The molecule has 2 unspecified atom stereocenters. The molecule has 1 rings (SSSR count). The van der Waals surface area contributed by atoms with Crippen LogP contribution >= 0.6 is 0 Å². The lowest BCUT2D eigenvalue weighted by Crippen LogP contribution is -3.18. The first kappa shape index (κ1) is 20.7. The molecule has 0 spiro atoms. The summed E-state index contributed by atoms with van der Waals surface area (Å²) in [5.41, 5.74) is 6.81. The first-order valence-corrected chi connectivity index (χ1v) is 7.87. The Kier molecular flexibility index (Phi) is 9.86. The van der Waals surface area contributed by atoms with Crippen molar-refractivity contribution in [3.63, 3.8) is 0 Å². The molecule has 1 aromatic carbocycles. The maximum Gasteiger partial charge on any atom is 0.338 e. The summed E-state index contributed by atoms with van der Waals surface area (Å²) in [4.78, 5) is 13.4. The summed E-state index contributed by atoms with van der Waals surface area (Å²) in [7, 11) is 0. The van der Waals surface area contributed by atoms with Crippen LogP contribution in [0.4, 0.5) is 5.69 Å². The monoisotopic (exact) mass is 328 g/mol. The van der Waals surface area contributed by atoms with E-state index in [1.807, 2.05) is 0 Å². The van der Waals surface area contributed by atoms with Gasteiger partial charge in [0.1, 0.15) is 13.2 Å². The number of rotatable bonds is 8. The number of hydrogen-bond donors (Lipinski definition) is 2. The van der Waals surface area contributed by atoms with Gasteiger partial charge in [-0.05, 0) is 51.0 Å². The number of benzene rings is 1. The van der Waals surface area contributed by atoms with Crippen LogP contribution in [0.3, 0.4) is 0 Å². The van der Waals surface area contributed by atoms with Crippen LogP contribution in [-0.2, 0) is 4.74 Å². The van der Waals surface area contributed by atoms with E-state index in [1.54, 1.807) is 24.3 Å². The van der Waals surface area contributed by atoms with Gasteiger partial charge in [0.15, 0.2) is 0 Å². The molecule has 0 amide bonds. The van der Waals surface area contributed by atoms with Gasteiger partial charge in [-0.2, -0.15) is 0 Å². The Balaban J connectivity index is 0.00000441. The average Bonchev–Trinajstić information content (AvgIpc) is 2.50. The molecule has 0 radical (unpaired) electrons. The van der Waals surface area contributed by atoms with E-state index in [0.29, 0.717) is 29.9 Å². The molecule has 0 aliphatic heterocycles. The third-order valence-electron chi connectivity index (χ3n) is 4.26. The molecule has 0 heterocycles. The molecular formula is C17H29ClN2O2. The molecule has 0 saturated carbocycles. The van der Waals surface area contributed by atoms with E-state index in [1.165, 1.54) is 4.90 Å². The summed E-state index contributed by atoms with van der Waals surface area (Å²) in [5.74, 6) is -0.275. The number of carbonyl (C=O) groups is 1. The standard InChI is InChI=1S/C17H28N2O2.ClH/c1-5-13(3)19(14(4)6-2)11-12-21-17(20)15-7-9-16(18)10-8-15;/h7-10,13-14H,5-6,11-12,18H2,1-4H3;1H. The lowest BCUT2D eigenvalue weighted by molar-refractivity contribution is -0.946. The first-order chi connectivity index (χ1) is 9.99. The van der Waals surface area contributed by atoms with Crippen molar-refractivity contribution >= 4 is 11.7 Å². The van der Waals surface area contributed by atoms with E-state index in [2.05, 4.69) is 27.7 Å². The second kappa shape index (κ2) is 10.5. The van der Waals surface area contributed by atoms with Crippen LogP contribution in [0.1, 0.15) is 50.9 Å². The number of nitrogen functional groups attached to an aromatic ring is 1. The van der Waals surface area contributed by atoms with Gasteiger partial charge in [0.05, 0.1) is 17.6 Å². The van der Waals surface area contributed by atoms with Crippen molar-refractivity contribution in [3.8, 4) is 0 Å². The average molecular weight is 329 g/mol. The van der Waals surface area contributed by atoms with Crippen LogP contribution in [0.25, 0.3) is 0 Å². The minimum atomic E-state index is -0.275. The van der Waals surface area contributed by atoms with Crippen LogP contribution in [0, 0.1) is 0 Å². The lowest BCUT2D eigenvalue weighted by Gasteiger charge is -2.30. The lowest BCUT2D eigenvalue weighted by atomic mass is 10.1. The van der Waals surface area contributed by atoms with Crippen LogP contribution in [0.15, 0.2) is 24.3 Å². The Morgan fingerprint density at radius 3 is 2.09 bits per heavy atom. The molecule has 5 heteroatoms. The molecule has 22 heavy (non-hydrogen) atoms. The quantitative estimate of drug-likeness (QED) is 0.471. The van der Waals surface area contributed by atoms with Crippen LogP contribution in [-0.4, -0.2) is 31.2 Å². The van der Waals surface area contributed by atoms with Crippen molar-refractivity contribution in [3.05, 3.63) is 29.8 Å². The molecular weight excluding hydrogens is 300 g/mol. The number of nitrogens with two attached hydrogens (primary N) is 1. The molecule has 0 bridgehead atoms. The fourth-order valence-electron chi connectivity index (χ4n) is 2.47. The van der Waals surface area contributed by atoms with E-state index in [4.69, 9.17) is 10.5 Å². The van der Waals surface area contributed by atoms with Crippen molar-refractivity contribution < 1.29 is 26.8 Å². The second-order valence-electron chi connectivity index (χ2n) is 5.70. The zero-order valence-electron chi connectivity index (χ0n) is 14.1. The number of hydrogen-bond acceptors (Lipinski definition) is 3. The summed E-state index contributed by atoms with van der Waals surface area (Å²) in [6.45, 7) is 10.2. The highest BCUT2D eigenvalue weighted by Gasteiger charge is 2.21. The SMILES string of the molecule is CCC(C)[NH+](CCOC(=O)c1ccc(N)cc1)C(C)CC.[Cl-]. The maximum absolute atomic E-state index is 11.9. The minimum Gasteiger partial charge on any atom is -1.00 e. The highest BCUT2D eigenvalue weighted by Crippen LogP contribution is 2.06. The normalized spacial score (nSPS) is 14.5. The van der Waals surface area contributed by atoms with E-state index < -0.39 is 0 Å². The van der Waals surface area contributed by atoms with Gasteiger partial charge < -0.3 is 27.8 Å². The second-order valence-corrected chi connectivity index (χ2v) is 5.70. The highest BCUT2D eigenvalue weighted by molar-refractivity contribution is 5.89. The predicted octanol–water partition coefficient (Wildman–Crippen LogP) is -1.09. The summed E-state index contributed by atoms with van der Waals surface area (Å²) in [6, 6.07) is 7.99. The summed E-state index contributed by atoms with van der Waals surface area (Å²) < 4.78 is 5.39. The van der Waals surface area contributed by atoms with Gasteiger partial charge in [-0.1, -0.05) is 13.8 Å². The first-order valence-electron chi connectivity index (χ1n) is 7.87. The predicted molar refractivity (Wildman–Crippen MR) is 86.5 cm³/mol. The fourth-order valence-corrected chi connectivity index (χ4v) is 2.47. The van der Waals surface area contributed by atoms with Gasteiger partial charge in [0.2, 0.25) is 0 Å². The van der Waals surface area contributed by atoms with Gasteiger partial charge in [-0.15, -0.1) is 0 Å². The van der Waals surface area contributed by atoms with E-state index in [-0.39, 0.29) is 18.4 Å². The van der Waals surface area contributed by atoms with Gasteiger partial charge in [-0.25, -0.2) is 4.79 Å². The molecule has 0 aliphatic rings. The van der Waals surface area contributed by atoms with Crippen molar-refractivity contribution in [2.24, 2.45) is 0 Å². The Morgan fingerprint density at radius 1 is 1.14 bits per heavy atom.